The van der Waals surface area contributed by atoms with Crippen molar-refractivity contribution in [3.05, 3.63) is 35.5 Å². The van der Waals surface area contributed by atoms with Crippen LogP contribution in [-0.2, 0) is 0 Å². The normalized spacial score (nSPS) is 17.0. The maximum absolute atomic E-state index is 6.15. The Kier molecular flexibility index (Phi) is 5.13. The fraction of sp³-hybridized carbons (Fsp3) is 0.471. The fourth-order valence-electron chi connectivity index (χ4n) is 2.80. The summed E-state index contributed by atoms with van der Waals surface area (Å²) in [6.45, 7) is 9.63. The van der Waals surface area contributed by atoms with Crippen molar-refractivity contribution in [3.63, 3.8) is 0 Å². The van der Waals surface area contributed by atoms with E-state index in [1.54, 1.807) is 12.3 Å². The van der Waals surface area contributed by atoms with Crippen molar-refractivity contribution in [1.29, 1.82) is 0 Å². The number of fused-ring (bicyclic) bond motifs is 1. The summed E-state index contributed by atoms with van der Waals surface area (Å²) in [5.41, 5.74) is 0.876. The molecule has 5 heteroatoms. The SMILES string of the molecule is CCN1CCN(CCOc2ccc3c(Cl)ccnc3c2)CC1. The second-order valence-electron chi connectivity index (χ2n) is 5.60. The third-order valence-corrected chi connectivity index (χ3v) is 4.58. The Morgan fingerprint density at radius 3 is 2.68 bits per heavy atom. The van der Waals surface area contributed by atoms with Crippen molar-refractivity contribution in [2.24, 2.45) is 0 Å². The van der Waals surface area contributed by atoms with Crippen molar-refractivity contribution in [3.8, 4) is 5.75 Å². The molecule has 0 unspecified atom stereocenters. The molecule has 1 aliphatic heterocycles. The first kappa shape index (κ1) is 15.5. The van der Waals surface area contributed by atoms with Crippen molar-refractivity contribution >= 4 is 22.5 Å². The van der Waals surface area contributed by atoms with Gasteiger partial charge in [0.1, 0.15) is 12.4 Å². The quantitative estimate of drug-likeness (QED) is 0.847. The highest BCUT2D eigenvalue weighted by molar-refractivity contribution is 6.35. The fourth-order valence-corrected chi connectivity index (χ4v) is 3.02. The molecule has 1 aliphatic rings. The number of benzene rings is 1. The Morgan fingerprint density at radius 2 is 1.91 bits per heavy atom. The van der Waals surface area contributed by atoms with Crippen molar-refractivity contribution in [1.82, 2.24) is 14.8 Å². The van der Waals surface area contributed by atoms with E-state index in [0.717, 1.165) is 60.9 Å². The van der Waals surface area contributed by atoms with Crippen LogP contribution in [0.4, 0.5) is 0 Å². The molecule has 1 aromatic heterocycles. The first-order valence-electron chi connectivity index (χ1n) is 7.88. The topological polar surface area (TPSA) is 28.6 Å². The molecule has 0 atom stereocenters. The van der Waals surface area contributed by atoms with Gasteiger partial charge in [-0.3, -0.25) is 9.88 Å². The lowest BCUT2D eigenvalue weighted by Gasteiger charge is -2.33. The highest BCUT2D eigenvalue weighted by atomic mass is 35.5. The monoisotopic (exact) mass is 319 g/mol. The number of pyridine rings is 1. The van der Waals surface area contributed by atoms with Crippen LogP contribution in [-0.4, -0.2) is 60.7 Å². The van der Waals surface area contributed by atoms with Crippen LogP contribution < -0.4 is 4.74 Å². The van der Waals surface area contributed by atoms with Gasteiger partial charge in [0.25, 0.3) is 0 Å². The predicted molar refractivity (Wildman–Crippen MR) is 90.8 cm³/mol. The Labute approximate surface area is 136 Å². The first-order valence-corrected chi connectivity index (χ1v) is 8.26. The Morgan fingerprint density at radius 1 is 1.14 bits per heavy atom. The maximum Gasteiger partial charge on any atom is 0.121 e. The molecular weight excluding hydrogens is 298 g/mol. The number of hydrogen-bond acceptors (Lipinski definition) is 4. The molecule has 0 radical (unpaired) electrons. The van der Waals surface area contributed by atoms with Gasteiger partial charge in [-0.1, -0.05) is 18.5 Å². The molecule has 0 N–H and O–H groups in total. The van der Waals surface area contributed by atoms with Crippen molar-refractivity contribution in [2.75, 3.05) is 45.9 Å². The zero-order chi connectivity index (χ0) is 15.4. The Hall–Kier alpha value is -1.36. The third kappa shape index (κ3) is 3.69. The van der Waals surface area contributed by atoms with E-state index in [1.807, 2.05) is 18.2 Å². The molecule has 2 aromatic rings. The molecule has 0 saturated carbocycles. The average Bonchev–Trinajstić information content (AvgIpc) is 2.56. The number of piperazine rings is 1. The van der Waals surface area contributed by atoms with E-state index in [4.69, 9.17) is 16.3 Å². The molecule has 0 bridgehead atoms. The third-order valence-electron chi connectivity index (χ3n) is 4.25. The van der Waals surface area contributed by atoms with E-state index in [2.05, 4.69) is 21.7 Å². The van der Waals surface area contributed by atoms with Gasteiger partial charge >= 0.3 is 0 Å². The second-order valence-corrected chi connectivity index (χ2v) is 6.00. The number of ether oxygens (including phenoxy) is 1. The molecule has 1 saturated heterocycles. The summed E-state index contributed by atoms with van der Waals surface area (Å²) in [6.07, 6.45) is 1.72. The second kappa shape index (κ2) is 7.27. The zero-order valence-corrected chi connectivity index (χ0v) is 13.7. The molecule has 22 heavy (non-hydrogen) atoms. The van der Waals surface area contributed by atoms with Crippen LogP contribution in [0.25, 0.3) is 10.9 Å². The van der Waals surface area contributed by atoms with Crippen LogP contribution >= 0.6 is 11.6 Å². The molecule has 3 rings (SSSR count). The number of nitrogens with zero attached hydrogens (tertiary/aromatic N) is 3. The van der Waals surface area contributed by atoms with Gasteiger partial charge in [0.15, 0.2) is 0 Å². The number of likely N-dealkylation sites (N-methyl/N-ethyl adjacent to an activating group) is 1. The average molecular weight is 320 g/mol. The van der Waals surface area contributed by atoms with Gasteiger partial charge < -0.3 is 9.64 Å². The van der Waals surface area contributed by atoms with Crippen molar-refractivity contribution in [2.45, 2.75) is 6.92 Å². The molecule has 118 valence electrons. The molecule has 4 nitrogen and oxygen atoms in total. The van der Waals surface area contributed by atoms with E-state index in [9.17, 15) is 0 Å². The van der Waals surface area contributed by atoms with E-state index < -0.39 is 0 Å². The van der Waals surface area contributed by atoms with Crippen LogP contribution in [0.3, 0.4) is 0 Å². The van der Waals surface area contributed by atoms with Crippen LogP contribution in [0.2, 0.25) is 5.02 Å². The molecule has 0 aliphatic carbocycles. The number of rotatable bonds is 5. The van der Waals surface area contributed by atoms with Gasteiger partial charge in [-0.2, -0.15) is 0 Å². The van der Waals surface area contributed by atoms with E-state index >= 15 is 0 Å². The van der Waals surface area contributed by atoms with Crippen molar-refractivity contribution < 1.29 is 4.74 Å². The van der Waals surface area contributed by atoms with Gasteiger partial charge in [0.2, 0.25) is 0 Å². The summed E-state index contributed by atoms with van der Waals surface area (Å²) in [4.78, 5) is 9.28. The van der Waals surface area contributed by atoms with E-state index in [0.29, 0.717) is 6.61 Å². The maximum atomic E-state index is 6.15. The highest BCUT2D eigenvalue weighted by Crippen LogP contribution is 2.25. The summed E-state index contributed by atoms with van der Waals surface area (Å²) in [5, 5.41) is 1.69. The minimum atomic E-state index is 0.707. The zero-order valence-electron chi connectivity index (χ0n) is 13.0. The van der Waals surface area contributed by atoms with Gasteiger partial charge in [0, 0.05) is 50.4 Å². The number of halogens is 1. The summed E-state index contributed by atoms with van der Waals surface area (Å²) in [7, 11) is 0. The van der Waals surface area contributed by atoms with Gasteiger partial charge in [-0.05, 0) is 24.7 Å². The standard InChI is InChI=1S/C17H22ClN3O/c1-2-20-7-9-21(10-8-20)11-12-22-14-3-4-15-16(18)5-6-19-17(15)13-14/h3-6,13H,2,7-12H2,1H3. The smallest absolute Gasteiger partial charge is 0.121 e. The first-order chi connectivity index (χ1) is 10.8. The predicted octanol–water partition coefficient (Wildman–Crippen LogP) is 2.90. The molecule has 1 aromatic carbocycles. The Bertz CT molecular complexity index is 626. The van der Waals surface area contributed by atoms with E-state index in [-0.39, 0.29) is 0 Å². The molecule has 1 fully saturated rings. The highest BCUT2D eigenvalue weighted by Gasteiger charge is 2.14. The lowest BCUT2D eigenvalue weighted by Crippen LogP contribution is -2.47. The molecule has 0 spiro atoms. The van der Waals surface area contributed by atoms with Gasteiger partial charge in [0.05, 0.1) is 10.5 Å². The van der Waals surface area contributed by atoms with Crippen LogP contribution in [0, 0.1) is 0 Å². The van der Waals surface area contributed by atoms with Gasteiger partial charge in [-0.25, -0.2) is 0 Å². The Balaban J connectivity index is 1.52. The summed E-state index contributed by atoms with van der Waals surface area (Å²) >= 11 is 6.15. The van der Waals surface area contributed by atoms with Crippen LogP contribution in [0.5, 0.6) is 5.75 Å². The minimum absolute atomic E-state index is 0.707. The largest absolute Gasteiger partial charge is 0.492 e. The summed E-state index contributed by atoms with van der Waals surface area (Å²) < 4.78 is 5.87. The van der Waals surface area contributed by atoms with E-state index in [1.165, 1.54) is 0 Å². The molecule has 0 amide bonds. The number of aromatic nitrogens is 1. The lowest BCUT2D eigenvalue weighted by atomic mass is 10.2. The lowest BCUT2D eigenvalue weighted by molar-refractivity contribution is 0.121. The van der Waals surface area contributed by atoms with Crippen LogP contribution in [0.1, 0.15) is 6.92 Å². The minimum Gasteiger partial charge on any atom is -0.492 e. The number of hydrogen-bond donors (Lipinski definition) is 0. The van der Waals surface area contributed by atoms with Gasteiger partial charge in [-0.15, -0.1) is 0 Å². The summed E-state index contributed by atoms with van der Waals surface area (Å²) in [6, 6.07) is 7.70. The summed E-state index contributed by atoms with van der Waals surface area (Å²) in [5.74, 6) is 0.856. The molecule has 2 heterocycles. The van der Waals surface area contributed by atoms with Crippen LogP contribution in [0.15, 0.2) is 30.5 Å². The molecular formula is C17H22ClN3O.